The van der Waals surface area contributed by atoms with Crippen molar-refractivity contribution < 1.29 is 8.83 Å². The predicted molar refractivity (Wildman–Crippen MR) is 562 cm³/mol. The zero-order chi connectivity index (χ0) is 90.8. The number of hydrogen-bond donors (Lipinski definition) is 0. The van der Waals surface area contributed by atoms with Crippen LogP contribution in [0.25, 0.3) is 266 Å². The molecule has 9 aromatic heterocycles. The number of para-hydroxylation sites is 7. The van der Waals surface area contributed by atoms with Gasteiger partial charge in [0.1, 0.15) is 22.3 Å². The van der Waals surface area contributed by atoms with Crippen molar-refractivity contribution >= 4 is 163 Å². The van der Waals surface area contributed by atoms with E-state index in [0.717, 1.165) is 170 Å². The van der Waals surface area contributed by atoms with Gasteiger partial charge in [-0.05, 0) is 125 Å². The molecular weight excluding hydrogens is 1690 g/mol. The minimum absolute atomic E-state index is 0.582. The van der Waals surface area contributed by atoms with Crippen LogP contribution in [0.1, 0.15) is 0 Å². The highest BCUT2D eigenvalue weighted by molar-refractivity contribution is 6.30. The van der Waals surface area contributed by atoms with Gasteiger partial charge in [0.2, 0.25) is 11.9 Å². The van der Waals surface area contributed by atoms with Gasteiger partial charge in [-0.2, -0.15) is 19.9 Å². The highest BCUT2D eigenvalue weighted by atomic mass is 16.3. The van der Waals surface area contributed by atoms with Crippen LogP contribution in [0.3, 0.4) is 0 Å². The Morgan fingerprint density at radius 1 is 0.145 bits per heavy atom. The number of nitrogens with zero attached hydrogens (tertiary/aromatic N) is 13. The lowest BCUT2D eigenvalue weighted by molar-refractivity contribution is 0.669. The second-order valence-corrected chi connectivity index (χ2v) is 34.6. The number of fused-ring (bicyclic) bond motifs is 27. The average Bonchev–Trinajstić information content (AvgIpc) is 1.56. The van der Waals surface area contributed by atoms with Crippen LogP contribution in [0.5, 0.6) is 0 Å². The van der Waals surface area contributed by atoms with Gasteiger partial charge in [0.05, 0.1) is 44.1 Å². The second kappa shape index (κ2) is 32.5. The molecule has 0 amide bonds. The van der Waals surface area contributed by atoms with Gasteiger partial charge in [-0.25, -0.2) is 24.9 Å². The third-order valence-electron chi connectivity index (χ3n) is 26.7. The highest BCUT2D eigenvalue weighted by Gasteiger charge is 2.27. The summed E-state index contributed by atoms with van der Waals surface area (Å²) in [7, 11) is 0. The molecule has 15 heteroatoms. The van der Waals surface area contributed by atoms with Crippen LogP contribution >= 0.6 is 0 Å². The maximum atomic E-state index is 6.41. The normalized spacial score (nSPS) is 11.8. The van der Waals surface area contributed by atoms with E-state index in [-0.39, 0.29) is 0 Å². The number of aromatic nitrogens is 13. The lowest BCUT2D eigenvalue weighted by Crippen LogP contribution is -2.06. The molecule has 0 aliphatic rings. The summed E-state index contributed by atoms with van der Waals surface area (Å²) in [6, 6.07) is 157. The van der Waals surface area contributed by atoms with Crippen molar-refractivity contribution in [2.24, 2.45) is 0 Å². The molecular formula is C123H75N13O2. The van der Waals surface area contributed by atoms with Gasteiger partial charge in [-0.15, -0.1) is 0 Å². The van der Waals surface area contributed by atoms with E-state index in [9.17, 15) is 0 Å². The summed E-state index contributed by atoms with van der Waals surface area (Å²) in [6.07, 6.45) is 0. The van der Waals surface area contributed by atoms with Crippen molar-refractivity contribution in [2.75, 3.05) is 0 Å². The first-order valence-electron chi connectivity index (χ1n) is 46.1. The van der Waals surface area contributed by atoms with Gasteiger partial charge in [0.25, 0.3) is 0 Å². The van der Waals surface area contributed by atoms with E-state index in [2.05, 4.69) is 267 Å². The minimum Gasteiger partial charge on any atom is -0.456 e. The molecule has 0 bridgehead atoms. The Labute approximate surface area is 788 Å². The van der Waals surface area contributed by atoms with Gasteiger partial charge < -0.3 is 18.0 Å². The van der Waals surface area contributed by atoms with Crippen molar-refractivity contribution in [3.05, 3.63) is 455 Å². The van der Waals surface area contributed by atoms with Crippen LogP contribution in [0.15, 0.2) is 464 Å². The fourth-order valence-electron chi connectivity index (χ4n) is 20.5. The van der Waals surface area contributed by atoms with Crippen molar-refractivity contribution in [1.29, 1.82) is 0 Å². The first-order chi connectivity index (χ1) is 68.5. The van der Waals surface area contributed by atoms with E-state index in [0.29, 0.717) is 52.7 Å². The second-order valence-electron chi connectivity index (χ2n) is 34.6. The van der Waals surface area contributed by atoms with Crippen LogP contribution in [-0.2, 0) is 0 Å². The first-order valence-corrected chi connectivity index (χ1v) is 46.1. The molecule has 0 unspecified atom stereocenters. The van der Waals surface area contributed by atoms with Gasteiger partial charge in [-0.3, -0.25) is 9.13 Å². The third-order valence-corrected chi connectivity index (χ3v) is 26.7. The fraction of sp³-hybridized carbons (Fsp3) is 0. The summed E-state index contributed by atoms with van der Waals surface area (Å²) < 4.78 is 21.8. The molecule has 644 valence electrons. The summed E-state index contributed by atoms with van der Waals surface area (Å²) >= 11 is 0. The maximum Gasteiger partial charge on any atom is 0.238 e. The van der Waals surface area contributed by atoms with E-state index < -0.39 is 0 Å². The highest BCUT2D eigenvalue weighted by Crippen LogP contribution is 2.47. The van der Waals surface area contributed by atoms with E-state index in [1.807, 2.05) is 206 Å². The van der Waals surface area contributed by atoms with E-state index in [1.54, 1.807) is 0 Å². The standard InChI is InChI=1S/C49H31N5.2C37H22N4O/c1-4-14-32(15-5-1)47-50-48(33-16-6-2-7-17-33)52-49(51-47)34-24-26-36(27-25-34)53-43-23-13-11-21-41(43)45-38-28-29-39-37-20-10-12-22-42(37)54(35-18-8-3-9-19-35)46(39)40(38)30-31-44(45)53;1-3-11-23(12-4-1)35-38-36(24-13-5-2-6-14-24)40-37(39-35)41-30-17-9-7-16-29(30)33-26-19-20-27-25-15-8-10-18-32(25)42-34(27)28(26)21-22-31(33)41;1-3-11-23(12-4-1)35-38-36(24-13-5-2-6-14-24)40-37(39-35)41-30-17-9-7-15-25(30)27-20-19-26-28(34(27)41)21-22-32-33(26)29-16-8-10-18-31(29)42-32/h1-31H;2*1-22H. The van der Waals surface area contributed by atoms with Crippen molar-refractivity contribution in [3.63, 3.8) is 0 Å². The molecule has 138 heavy (non-hydrogen) atoms. The van der Waals surface area contributed by atoms with Crippen molar-refractivity contribution in [1.82, 2.24) is 63.1 Å². The van der Waals surface area contributed by atoms with Gasteiger partial charge >= 0.3 is 0 Å². The van der Waals surface area contributed by atoms with Crippen LogP contribution in [0.4, 0.5) is 0 Å². The fourth-order valence-corrected chi connectivity index (χ4v) is 20.5. The maximum absolute atomic E-state index is 6.41. The predicted octanol–water partition coefficient (Wildman–Crippen LogP) is 30.9. The summed E-state index contributed by atoms with van der Waals surface area (Å²) in [4.78, 5) is 44.9. The van der Waals surface area contributed by atoms with Crippen molar-refractivity contribution in [2.45, 2.75) is 0 Å². The monoisotopic (exact) mass is 1770 g/mol. The van der Waals surface area contributed by atoms with Gasteiger partial charge in [-0.1, -0.05) is 346 Å². The number of benzene rings is 20. The molecule has 0 aliphatic carbocycles. The molecule has 20 aromatic carbocycles. The largest absolute Gasteiger partial charge is 0.456 e. The molecule has 0 saturated carbocycles. The molecule has 0 saturated heterocycles. The molecule has 29 rings (SSSR count). The van der Waals surface area contributed by atoms with Gasteiger partial charge in [0, 0.05) is 131 Å². The zero-order valence-corrected chi connectivity index (χ0v) is 73.9. The van der Waals surface area contributed by atoms with Crippen LogP contribution in [0, 0.1) is 0 Å². The number of hydrogen-bond acceptors (Lipinski definition) is 11. The summed E-state index contributed by atoms with van der Waals surface area (Å²) in [6.45, 7) is 0. The van der Waals surface area contributed by atoms with Gasteiger partial charge in [0.15, 0.2) is 40.8 Å². The third kappa shape index (κ3) is 13.1. The average molecular weight is 1770 g/mol. The van der Waals surface area contributed by atoms with Crippen LogP contribution < -0.4 is 0 Å². The molecule has 0 N–H and O–H groups in total. The summed E-state index contributed by atoms with van der Waals surface area (Å²) in [5.74, 6) is 5.64. The quantitative estimate of drug-likeness (QED) is 0.121. The topological polar surface area (TPSA) is 162 Å². The number of rotatable bonds is 11. The molecule has 15 nitrogen and oxygen atoms in total. The Morgan fingerprint density at radius 3 is 0.899 bits per heavy atom. The molecule has 0 atom stereocenters. The van der Waals surface area contributed by atoms with Crippen LogP contribution in [0.2, 0.25) is 0 Å². The molecule has 29 aromatic rings. The van der Waals surface area contributed by atoms with E-state index >= 15 is 0 Å². The smallest absolute Gasteiger partial charge is 0.238 e. The SMILES string of the molecule is c1ccc(-c2nc(-c3ccccc3)nc(-c3ccc(-n4c5ccccc5c5c6ccc7c8ccccc8n(-c8ccccc8)c7c6ccc54)cc3)n2)cc1.c1ccc(-c2nc(-c3ccccc3)nc(-n3c4ccccc4c4c5ccc6c7ccccc7oc6c5ccc43)n2)cc1.c1ccc(-c2nc(-c3ccccc3)nc(-n3c4ccccc4c4ccc5c(ccc6oc7ccccc7c65)c43)n2)cc1. The van der Waals surface area contributed by atoms with Crippen LogP contribution in [-0.4, -0.2) is 63.1 Å². The van der Waals surface area contributed by atoms with E-state index in [4.69, 9.17) is 53.7 Å². The zero-order valence-electron chi connectivity index (χ0n) is 73.9. The Bertz CT molecular complexity index is 9720. The first kappa shape index (κ1) is 78.8. The molecule has 0 radical (unpaired) electrons. The Balaban J connectivity index is 0.000000106. The Kier molecular flexibility index (Phi) is 18.6. The Morgan fingerprint density at radius 2 is 0.428 bits per heavy atom. The number of furan rings is 2. The molecule has 0 spiro atoms. The summed E-state index contributed by atoms with van der Waals surface area (Å²) in [5.41, 5.74) is 21.3. The minimum atomic E-state index is 0.582. The van der Waals surface area contributed by atoms with Crippen molar-refractivity contribution in [3.8, 4) is 103 Å². The van der Waals surface area contributed by atoms with E-state index in [1.165, 1.54) is 43.4 Å². The Hall–Kier alpha value is -19.0. The lowest BCUT2D eigenvalue weighted by atomic mass is 10.0. The molecule has 9 heterocycles. The lowest BCUT2D eigenvalue weighted by Gasteiger charge is -2.12. The molecule has 0 fully saturated rings. The molecule has 0 aliphatic heterocycles. The summed E-state index contributed by atoms with van der Waals surface area (Å²) in [5, 5.41) is 21.0.